The molecule has 0 bridgehead atoms. The molecule has 0 aliphatic heterocycles. The Morgan fingerprint density at radius 2 is 1.35 bits per heavy atom. The van der Waals surface area contributed by atoms with Gasteiger partial charge in [0.15, 0.2) is 0 Å². The normalized spacial score (nSPS) is 10.4. The molecule has 1 aromatic carbocycles. The van der Waals surface area contributed by atoms with Crippen LogP contribution in [0.2, 0.25) is 0 Å². The van der Waals surface area contributed by atoms with E-state index in [1.54, 1.807) is 7.11 Å². The third kappa shape index (κ3) is 10.1. The van der Waals surface area contributed by atoms with E-state index in [-0.39, 0.29) is 0 Å². The third-order valence-corrected chi connectivity index (χ3v) is 4.38. The molecular weight excluding hydrogens is 328 g/mol. The molecule has 0 heterocycles. The highest BCUT2D eigenvalue weighted by Gasteiger charge is 2.11. The number of nitrogens with one attached hydrogen (secondary N) is 2. The Hall–Kier alpha value is -2.04. The first kappa shape index (κ1) is 22.0. The molecule has 2 amide bonds. The average Bonchev–Trinajstić information content (AvgIpc) is 2.67. The van der Waals surface area contributed by atoms with E-state index in [0.717, 1.165) is 24.2 Å². The van der Waals surface area contributed by atoms with Gasteiger partial charge in [0, 0.05) is 13.1 Å². The Labute approximate surface area is 157 Å². The first-order chi connectivity index (χ1) is 12.7. The Balaban J connectivity index is 2.03. The number of carbonyl (C=O) groups excluding carboxylic acids is 2. The Bertz CT molecular complexity index is 514. The molecule has 0 unspecified atom stereocenters. The number of ether oxygens (including phenoxy) is 1. The second-order valence-electron chi connectivity index (χ2n) is 6.58. The Morgan fingerprint density at radius 1 is 0.808 bits per heavy atom. The molecule has 0 saturated heterocycles. The van der Waals surface area contributed by atoms with Gasteiger partial charge in [-0.25, -0.2) is 0 Å². The summed E-state index contributed by atoms with van der Waals surface area (Å²) in [5.41, 5.74) is 1.09. The predicted molar refractivity (Wildman–Crippen MR) is 105 cm³/mol. The van der Waals surface area contributed by atoms with Crippen molar-refractivity contribution in [1.29, 1.82) is 0 Å². The van der Waals surface area contributed by atoms with E-state index in [9.17, 15) is 9.59 Å². The van der Waals surface area contributed by atoms with E-state index in [0.29, 0.717) is 19.5 Å². The van der Waals surface area contributed by atoms with Gasteiger partial charge in [-0.2, -0.15) is 0 Å². The van der Waals surface area contributed by atoms with Gasteiger partial charge in [-0.15, -0.1) is 0 Å². The van der Waals surface area contributed by atoms with Gasteiger partial charge < -0.3 is 15.4 Å². The highest BCUT2D eigenvalue weighted by molar-refractivity contribution is 6.35. The van der Waals surface area contributed by atoms with Crippen molar-refractivity contribution in [2.24, 2.45) is 0 Å². The van der Waals surface area contributed by atoms with E-state index in [4.69, 9.17) is 4.74 Å². The first-order valence-corrected chi connectivity index (χ1v) is 9.86. The topological polar surface area (TPSA) is 67.4 Å². The maximum Gasteiger partial charge on any atom is 0.309 e. The van der Waals surface area contributed by atoms with Crippen LogP contribution in [0.4, 0.5) is 0 Å². The van der Waals surface area contributed by atoms with Crippen molar-refractivity contribution in [3.05, 3.63) is 29.8 Å². The van der Waals surface area contributed by atoms with Crippen molar-refractivity contribution in [3.8, 4) is 5.75 Å². The third-order valence-electron chi connectivity index (χ3n) is 4.38. The van der Waals surface area contributed by atoms with E-state index < -0.39 is 11.8 Å². The lowest BCUT2D eigenvalue weighted by atomic mass is 10.1. The number of benzene rings is 1. The molecule has 5 nitrogen and oxygen atoms in total. The average molecular weight is 363 g/mol. The fourth-order valence-corrected chi connectivity index (χ4v) is 2.73. The Kier molecular flexibility index (Phi) is 12.0. The van der Waals surface area contributed by atoms with Gasteiger partial charge in [0.1, 0.15) is 5.75 Å². The van der Waals surface area contributed by atoms with Gasteiger partial charge >= 0.3 is 11.8 Å². The maximum absolute atomic E-state index is 11.8. The number of methoxy groups -OCH3 is 1. The van der Waals surface area contributed by atoms with Crippen LogP contribution in [-0.4, -0.2) is 32.0 Å². The molecule has 0 aliphatic rings. The van der Waals surface area contributed by atoms with Crippen LogP contribution in [0.3, 0.4) is 0 Å². The van der Waals surface area contributed by atoms with Crippen molar-refractivity contribution in [2.75, 3.05) is 20.2 Å². The highest BCUT2D eigenvalue weighted by Crippen LogP contribution is 2.11. The molecule has 0 aromatic heterocycles. The summed E-state index contributed by atoms with van der Waals surface area (Å²) in [5.74, 6) is -0.293. The minimum Gasteiger partial charge on any atom is -0.497 e. The van der Waals surface area contributed by atoms with Crippen molar-refractivity contribution in [1.82, 2.24) is 10.6 Å². The number of carbonyl (C=O) groups is 2. The van der Waals surface area contributed by atoms with Gasteiger partial charge in [-0.05, 0) is 30.5 Å². The largest absolute Gasteiger partial charge is 0.497 e. The summed E-state index contributed by atoms with van der Waals surface area (Å²) in [7, 11) is 1.63. The van der Waals surface area contributed by atoms with Crippen LogP contribution in [0, 0.1) is 0 Å². The summed E-state index contributed by atoms with van der Waals surface area (Å²) >= 11 is 0. The maximum atomic E-state index is 11.8. The lowest BCUT2D eigenvalue weighted by Crippen LogP contribution is -2.40. The molecule has 1 aromatic rings. The number of rotatable bonds is 13. The number of unbranched alkanes of at least 4 members (excludes halogenated alkanes) is 7. The zero-order chi connectivity index (χ0) is 19.0. The molecule has 0 spiro atoms. The van der Waals surface area contributed by atoms with E-state index in [1.165, 1.54) is 38.5 Å². The minimum absolute atomic E-state index is 0.441. The smallest absolute Gasteiger partial charge is 0.309 e. The van der Waals surface area contributed by atoms with Gasteiger partial charge in [-0.3, -0.25) is 9.59 Å². The molecule has 5 heteroatoms. The highest BCUT2D eigenvalue weighted by atomic mass is 16.5. The van der Waals surface area contributed by atoms with Gasteiger partial charge in [0.25, 0.3) is 0 Å². The summed E-state index contributed by atoms with van der Waals surface area (Å²) in [6.07, 6.45) is 10.4. The monoisotopic (exact) mass is 362 g/mol. The molecule has 0 radical (unpaired) electrons. The van der Waals surface area contributed by atoms with Gasteiger partial charge in [0.05, 0.1) is 7.11 Å². The molecule has 26 heavy (non-hydrogen) atoms. The van der Waals surface area contributed by atoms with Crippen molar-refractivity contribution in [2.45, 2.75) is 64.7 Å². The lowest BCUT2D eigenvalue weighted by Gasteiger charge is -2.07. The summed E-state index contributed by atoms with van der Waals surface area (Å²) in [6.45, 7) is 3.23. The Morgan fingerprint density at radius 3 is 1.92 bits per heavy atom. The van der Waals surface area contributed by atoms with Crippen LogP contribution in [0.1, 0.15) is 63.9 Å². The second-order valence-corrected chi connectivity index (χ2v) is 6.58. The standard InChI is InChI=1S/C21H34N2O3/c1-3-4-5-6-7-8-9-10-16-22-20(24)21(25)23-17-15-18-11-13-19(26-2)14-12-18/h11-14H,3-10,15-17H2,1-2H3,(H,22,24)(H,23,25). The quantitative estimate of drug-likeness (QED) is 0.416. The van der Waals surface area contributed by atoms with Crippen LogP contribution >= 0.6 is 0 Å². The lowest BCUT2D eigenvalue weighted by molar-refractivity contribution is -0.139. The fraction of sp³-hybridized carbons (Fsp3) is 0.619. The van der Waals surface area contributed by atoms with Crippen molar-refractivity contribution in [3.63, 3.8) is 0 Å². The van der Waals surface area contributed by atoms with Crippen LogP contribution in [0.5, 0.6) is 5.75 Å². The zero-order valence-electron chi connectivity index (χ0n) is 16.3. The van der Waals surface area contributed by atoms with E-state index in [1.807, 2.05) is 24.3 Å². The molecule has 0 aliphatic carbocycles. The molecule has 0 atom stereocenters. The van der Waals surface area contributed by atoms with Crippen LogP contribution in [-0.2, 0) is 16.0 Å². The number of hydrogen-bond donors (Lipinski definition) is 2. The number of hydrogen-bond acceptors (Lipinski definition) is 3. The summed E-state index contributed by atoms with van der Waals surface area (Å²) in [5, 5.41) is 5.35. The molecule has 2 N–H and O–H groups in total. The van der Waals surface area contributed by atoms with Gasteiger partial charge in [-0.1, -0.05) is 64.0 Å². The fourth-order valence-electron chi connectivity index (χ4n) is 2.73. The second kappa shape index (κ2) is 14.2. The molecular formula is C21H34N2O3. The summed E-state index contributed by atoms with van der Waals surface area (Å²) in [6, 6.07) is 7.67. The predicted octanol–water partition coefficient (Wildman–Crippen LogP) is 3.61. The molecule has 0 saturated carbocycles. The summed E-state index contributed by atoms with van der Waals surface area (Å²) in [4.78, 5) is 23.5. The van der Waals surface area contributed by atoms with Crippen LogP contribution in [0.25, 0.3) is 0 Å². The summed E-state index contributed by atoms with van der Waals surface area (Å²) < 4.78 is 5.10. The minimum atomic E-state index is -0.557. The van der Waals surface area contributed by atoms with Crippen molar-refractivity contribution >= 4 is 11.8 Å². The first-order valence-electron chi connectivity index (χ1n) is 9.86. The molecule has 146 valence electrons. The van der Waals surface area contributed by atoms with E-state index >= 15 is 0 Å². The van der Waals surface area contributed by atoms with Crippen LogP contribution < -0.4 is 15.4 Å². The molecule has 0 fully saturated rings. The SMILES string of the molecule is CCCCCCCCCCNC(=O)C(=O)NCCc1ccc(OC)cc1. The molecule has 1 rings (SSSR count). The zero-order valence-corrected chi connectivity index (χ0v) is 16.3. The number of amides is 2. The van der Waals surface area contributed by atoms with E-state index in [2.05, 4.69) is 17.6 Å². The van der Waals surface area contributed by atoms with Crippen LogP contribution in [0.15, 0.2) is 24.3 Å². The van der Waals surface area contributed by atoms with Gasteiger partial charge in [0.2, 0.25) is 0 Å². The van der Waals surface area contributed by atoms with Crippen molar-refractivity contribution < 1.29 is 14.3 Å².